The van der Waals surface area contributed by atoms with Gasteiger partial charge in [-0.3, -0.25) is 9.69 Å². The van der Waals surface area contributed by atoms with E-state index in [-0.39, 0.29) is 23.6 Å². The quantitative estimate of drug-likeness (QED) is 0.657. The number of rotatable bonds is 4. The number of benzene rings is 2. The third-order valence-corrected chi connectivity index (χ3v) is 5.39. The predicted octanol–water partition coefficient (Wildman–Crippen LogP) is 5.06. The number of halogens is 1. The van der Waals surface area contributed by atoms with Gasteiger partial charge < -0.3 is 0 Å². The lowest BCUT2D eigenvalue weighted by Crippen LogP contribution is -2.27. The first-order valence-corrected chi connectivity index (χ1v) is 9.08. The summed E-state index contributed by atoms with van der Waals surface area (Å²) < 4.78 is 14.0. The fraction of sp³-hybridized carbons (Fsp3) is 0.200. The molecule has 0 saturated heterocycles. The van der Waals surface area contributed by atoms with Crippen molar-refractivity contribution in [1.29, 1.82) is 0 Å². The minimum Gasteiger partial charge on any atom is -0.274 e. The number of para-hydroxylation sites is 1. The molecule has 0 spiro atoms. The van der Waals surface area contributed by atoms with Crippen LogP contribution in [0.25, 0.3) is 0 Å². The van der Waals surface area contributed by atoms with Crippen LogP contribution in [0.2, 0.25) is 0 Å². The maximum atomic E-state index is 14.0. The molecule has 2 unspecified atom stereocenters. The van der Waals surface area contributed by atoms with E-state index >= 15 is 0 Å². The summed E-state index contributed by atoms with van der Waals surface area (Å²) in [4.78, 5) is 19.3. The predicted molar refractivity (Wildman–Crippen MR) is 97.7 cm³/mol. The largest absolute Gasteiger partial charge is 0.274 e. The first kappa shape index (κ1) is 16.0. The van der Waals surface area contributed by atoms with Crippen molar-refractivity contribution < 1.29 is 9.18 Å². The van der Waals surface area contributed by atoms with Crippen LogP contribution < -0.4 is 4.90 Å². The van der Waals surface area contributed by atoms with E-state index in [4.69, 9.17) is 0 Å². The van der Waals surface area contributed by atoms with Gasteiger partial charge in [-0.25, -0.2) is 9.37 Å². The molecule has 1 saturated carbocycles. The molecule has 1 fully saturated rings. The molecule has 3 nitrogen and oxygen atoms in total. The highest BCUT2D eigenvalue weighted by atomic mass is 32.1. The van der Waals surface area contributed by atoms with Crippen molar-refractivity contribution in [2.45, 2.75) is 19.3 Å². The van der Waals surface area contributed by atoms with Gasteiger partial charge in [0.15, 0.2) is 5.13 Å². The van der Waals surface area contributed by atoms with Gasteiger partial charge in [0.05, 0.1) is 11.4 Å². The summed E-state index contributed by atoms with van der Waals surface area (Å²) in [6.07, 6.45) is 0.674. The molecule has 1 amide bonds. The molecular formula is C20H17FN2OS. The van der Waals surface area contributed by atoms with Crippen LogP contribution in [-0.4, -0.2) is 10.9 Å². The number of aromatic nitrogens is 1. The van der Waals surface area contributed by atoms with Gasteiger partial charge >= 0.3 is 0 Å². The molecular weight excluding hydrogens is 335 g/mol. The second kappa shape index (κ2) is 6.41. The van der Waals surface area contributed by atoms with Gasteiger partial charge in [0.1, 0.15) is 5.82 Å². The Morgan fingerprint density at radius 2 is 1.88 bits per heavy atom. The summed E-state index contributed by atoms with van der Waals surface area (Å²) in [6.45, 7) is 1.91. The van der Waals surface area contributed by atoms with Gasteiger partial charge in [-0.05, 0) is 43.0 Å². The van der Waals surface area contributed by atoms with E-state index in [2.05, 4.69) is 4.98 Å². The van der Waals surface area contributed by atoms with Gasteiger partial charge in [-0.2, -0.15) is 0 Å². The number of thiazole rings is 1. The monoisotopic (exact) mass is 352 g/mol. The van der Waals surface area contributed by atoms with Crippen LogP contribution in [0.1, 0.15) is 23.6 Å². The third kappa shape index (κ3) is 3.07. The highest BCUT2D eigenvalue weighted by molar-refractivity contribution is 7.14. The molecule has 2 atom stereocenters. The van der Waals surface area contributed by atoms with Crippen LogP contribution in [0.15, 0.2) is 60.0 Å². The Hall–Kier alpha value is -2.53. The van der Waals surface area contributed by atoms with Gasteiger partial charge in [-0.15, -0.1) is 11.3 Å². The number of aryl methyl sites for hydroxylation is 1. The van der Waals surface area contributed by atoms with Gasteiger partial charge in [0.2, 0.25) is 5.91 Å². The lowest BCUT2D eigenvalue weighted by molar-refractivity contribution is -0.119. The number of nitrogens with zero attached hydrogens (tertiary/aromatic N) is 2. The van der Waals surface area contributed by atoms with Crippen molar-refractivity contribution >= 4 is 28.1 Å². The summed E-state index contributed by atoms with van der Waals surface area (Å²) in [6, 6.07) is 16.2. The zero-order valence-corrected chi connectivity index (χ0v) is 14.5. The highest BCUT2D eigenvalue weighted by Crippen LogP contribution is 2.50. The van der Waals surface area contributed by atoms with E-state index in [1.54, 1.807) is 17.0 Å². The van der Waals surface area contributed by atoms with Crippen LogP contribution >= 0.6 is 11.3 Å². The standard InChI is InChI=1S/C20H17FN2OS/c1-13-12-25-20(22-13)23(14-7-3-2-4-8-14)19(24)17-11-16(17)15-9-5-6-10-18(15)21/h2-10,12,16-17H,11H2,1H3. The van der Waals surface area contributed by atoms with E-state index in [9.17, 15) is 9.18 Å². The van der Waals surface area contributed by atoms with Gasteiger partial charge in [-0.1, -0.05) is 36.4 Å². The number of hydrogen-bond acceptors (Lipinski definition) is 3. The fourth-order valence-electron chi connectivity index (χ4n) is 3.11. The van der Waals surface area contributed by atoms with Crippen molar-refractivity contribution in [3.8, 4) is 0 Å². The molecule has 0 bridgehead atoms. The zero-order valence-electron chi connectivity index (χ0n) is 13.7. The van der Waals surface area contributed by atoms with Crippen LogP contribution in [0.4, 0.5) is 15.2 Å². The van der Waals surface area contributed by atoms with Crippen molar-refractivity contribution in [2.75, 3.05) is 4.90 Å². The van der Waals surface area contributed by atoms with Gasteiger partial charge in [0.25, 0.3) is 0 Å². The Labute approximate surface area is 149 Å². The average Bonchev–Trinajstić information content (AvgIpc) is 3.31. The van der Waals surface area contributed by atoms with E-state index in [0.29, 0.717) is 17.1 Å². The van der Waals surface area contributed by atoms with Crippen LogP contribution in [0, 0.1) is 18.7 Å². The van der Waals surface area contributed by atoms with Crippen LogP contribution in [-0.2, 0) is 4.79 Å². The summed E-state index contributed by atoms with van der Waals surface area (Å²) in [5.74, 6) is -0.518. The molecule has 0 aliphatic heterocycles. The zero-order chi connectivity index (χ0) is 17.4. The third-order valence-electron chi connectivity index (χ3n) is 4.45. The summed E-state index contributed by atoms with van der Waals surface area (Å²) in [7, 11) is 0. The van der Waals surface area contributed by atoms with Crippen LogP contribution in [0.3, 0.4) is 0 Å². The van der Waals surface area contributed by atoms with Crippen LogP contribution in [0.5, 0.6) is 0 Å². The Kier molecular flexibility index (Phi) is 4.09. The van der Waals surface area contributed by atoms with Crippen molar-refractivity contribution in [2.24, 2.45) is 5.92 Å². The molecule has 1 heterocycles. The molecule has 2 aromatic carbocycles. The number of anilines is 2. The minimum absolute atomic E-state index is 0.0196. The SMILES string of the molecule is Cc1csc(N(C(=O)C2CC2c2ccccc2F)c2ccccc2)n1. The molecule has 0 N–H and O–H groups in total. The molecule has 25 heavy (non-hydrogen) atoms. The number of carbonyl (C=O) groups excluding carboxylic acids is 1. The molecule has 4 rings (SSSR count). The number of hydrogen-bond donors (Lipinski definition) is 0. The van der Waals surface area contributed by atoms with E-state index in [1.807, 2.05) is 48.7 Å². The molecule has 126 valence electrons. The van der Waals surface area contributed by atoms with Crippen molar-refractivity contribution in [3.05, 3.63) is 77.1 Å². The summed E-state index contributed by atoms with van der Waals surface area (Å²) >= 11 is 1.45. The summed E-state index contributed by atoms with van der Waals surface area (Å²) in [5, 5.41) is 2.59. The maximum Gasteiger partial charge on any atom is 0.237 e. The molecule has 3 aromatic rings. The Morgan fingerprint density at radius 1 is 1.16 bits per heavy atom. The van der Waals surface area contributed by atoms with E-state index in [1.165, 1.54) is 17.4 Å². The Balaban J connectivity index is 1.65. The topological polar surface area (TPSA) is 33.2 Å². The second-order valence-electron chi connectivity index (χ2n) is 6.25. The van der Waals surface area contributed by atoms with E-state index in [0.717, 1.165) is 11.4 Å². The van der Waals surface area contributed by atoms with Crippen molar-refractivity contribution in [1.82, 2.24) is 4.98 Å². The molecule has 1 aromatic heterocycles. The lowest BCUT2D eigenvalue weighted by atomic mass is 10.1. The first-order valence-electron chi connectivity index (χ1n) is 8.20. The maximum absolute atomic E-state index is 14.0. The first-order chi connectivity index (χ1) is 12.1. The average molecular weight is 352 g/mol. The smallest absolute Gasteiger partial charge is 0.237 e. The second-order valence-corrected chi connectivity index (χ2v) is 7.09. The Morgan fingerprint density at radius 3 is 2.56 bits per heavy atom. The normalized spacial score (nSPS) is 18.8. The van der Waals surface area contributed by atoms with Gasteiger partial charge in [0, 0.05) is 11.3 Å². The molecule has 1 aliphatic rings. The minimum atomic E-state index is -0.237. The molecule has 5 heteroatoms. The number of carbonyl (C=O) groups is 1. The molecule has 1 aliphatic carbocycles. The Bertz CT molecular complexity index is 909. The fourth-order valence-corrected chi connectivity index (χ4v) is 3.93. The molecule has 0 radical (unpaired) electrons. The van der Waals surface area contributed by atoms with Crippen molar-refractivity contribution in [3.63, 3.8) is 0 Å². The lowest BCUT2D eigenvalue weighted by Gasteiger charge is -2.20. The van der Waals surface area contributed by atoms with E-state index < -0.39 is 0 Å². The summed E-state index contributed by atoms with van der Waals surface area (Å²) in [5.41, 5.74) is 2.31. The highest BCUT2D eigenvalue weighted by Gasteiger charge is 2.47. The number of amides is 1.